The Kier molecular flexibility index (Phi) is 3.38. The van der Waals surface area contributed by atoms with Gasteiger partial charge < -0.3 is 14.8 Å². The van der Waals surface area contributed by atoms with Gasteiger partial charge in [-0.25, -0.2) is 4.79 Å². The molecule has 3 rings (SSSR count). The highest BCUT2D eigenvalue weighted by Gasteiger charge is 2.37. The number of tetrazole rings is 1. The van der Waals surface area contributed by atoms with Crippen molar-refractivity contribution in [2.75, 3.05) is 0 Å². The van der Waals surface area contributed by atoms with E-state index >= 15 is 0 Å². The van der Waals surface area contributed by atoms with Crippen LogP contribution in [-0.4, -0.2) is 43.2 Å². The van der Waals surface area contributed by atoms with E-state index in [0.29, 0.717) is 5.76 Å². The fraction of sp³-hybridized carbons (Fsp3) is 0.417. The molecule has 1 amide bonds. The summed E-state index contributed by atoms with van der Waals surface area (Å²) in [5.74, 6) is -0.743. The molecule has 1 aliphatic rings. The van der Waals surface area contributed by atoms with Crippen molar-refractivity contribution < 1.29 is 19.1 Å². The molecule has 0 aliphatic heterocycles. The zero-order valence-electron chi connectivity index (χ0n) is 11.0. The maximum atomic E-state index is 11.8. The lowest BCUT2D eigenvalue weighted by molar-refractivity contribution is -0.142. The van der Waals surface area contributed by atoms with Crippen molar-refractivity contribution in [2.45, 2.75) is 25.4 Å². The number of furan rings is 1. The average molecular weight is 291 g/mol. The van der Waals surface area contributed by atoms with E-state index in [1.165, 1.54) is 6.26 Å². The highest BCUT2D eigenvalue weighted by molar-refractivity contribution is 5.83. The lowest BCUT2D eigenvalue weighted by atomic mass is 10.2. The van der Waals surface area contributed by atoms with Crippen molar-refractivity contribution >= 4 is 11.9 Å². The third kappa shape index (κ3) is 3.07. The van der Waals surface area contributed by atoms with Crippen LogP contribution in [-0.2, 0) is 16.1 Å². The van der Waals surface area contributed by atoms with Crippen LogP contribution < -0.4 is 5.32 Å². The number of hydrogen-bond donors (Lipinski definition) is 2. The van der Waals surface area contributed by atoms with Crippen LogP contribution in [0, 0.1) is 5.92 Å². The van der Waals surface area contributed by atoms with Crippen LogP contribution in [0.25, 0.3) is 11.6 Å². The number of aliphatic carboxylic acids is 1. The SMILES string of the molecule is O=C(Cn1nnc(-c2ccco2)n1)NC(C(=O)O)C1CC1. The summed E-state index contributed by atoms with van der Waals surface area (Å²) in [4.78, 5) is 24.0. The van der Waals surface area contributed by atoms with E-state index < -0.39 is 17.9 Å². The van der Waals surface area contributed by atoms with Crippen LogP contribution in [0.2, 0.25) is 0 Å². The summed E-state index contributed by atoms with van der Waals surface area (Å²) >= 11 is 0. The molecule has 0 radical (unpaired) electrons. The zero-order valence-corrected chi connectivity index (χ0v) is 11.0. The quantitative estimate of drug-likeness (QED) is 0.762. The van der Waals surface area contributed by atoms with Crippen molar-refractivity contribution in [3.05, 3.63) is 18.4 Å². The Morgan fingerprint density at radius 3 is 2.95 bits per heavy atom. The van der Waals surface area contributed by atoms with E-state index in [4.69, 9.17) is 9.52 Å². The minimum atomic E-state index is -1.02. The van der Waals surface area contributed by atoms with Gasteiger partial charge in [0.05, 0.1) is 6.26 Å². The van der Waals surface area contributed by atoms with Gasteiger partial charge in [-0.3, -0.25) is 4.79 Å². The first kappa shape index (κ1) is 13.3. The van der Waals surface area contributed by atoms with Gasteiger partial charge in [-0.05, 0) is 36.1 Å². The number of amides is 1. The number of carboxylic acids is 1. The zero-order chi connectivity index (χ0) is 14.8. The summed E-state index contributed by atoms with van der Waals surface area (Å²) < 4.78 is 5.12. The molecule has 1 aliphatic carbocycles. The first-order chi connectivity index (χ1) is 10.1. The van der Waals surface area contributed by atoms with Crippen LogP contribution in [0.1, 0.15) is 12.8 Å². The molecule has 1 atom stereocenters. The monoisotopic (exact) mass is 291 g/mol. The molecule has 0 aromatic carbocycles. The molecule has 2 heterocycles. The van der Waals surface area contributed by atoms with Crippen LogP contribution in [0.3, 0.4) is 0 Å². The van der Waals surface area contributed by atoms with Gasteiger partial charge >= 0.3 is 5.97 Å². The predicted molar refractivity (Wildman–Crippen MR) is 67.8 cm³/mol. The van der Waals surface area contributed by atoms with E-state index in [2.05, 4.69) is 20.7 Å². The van der Waals surface area contributed by atoms with E-state index in [1.807, 2.05) is 0 Å². The van der Waals surface area contributed by atoms with Crippen molar-refractivity contribution in [1.82, 2.24) is 25.5 Å². The van der Waals surface area contributed by atoms with Crippen LogP contribution in [0.5, 0.6) is 0 Å². The minimum absolute atomic E-state index is 0.0221. The highest BCUT2D eigenvalue weighted by Crippen LogP contribution is 2.32. The Labute approximate surface area is 118 Å². The Morgan fingerprint density at radius 2 is 2.33 bits per heavy atom. The minimum Gasteiger partial charge on any atom is -0.480 e. The summed E-state index contributed by atoms with van der Waals surface area (Å²) in [6.45, 7) is -0.190. The largest absolute Gasteiger partial charge is 0.480 e. The highest BCUT2D eigenvalue weighted by atomic mass is 16.4. The van der Waals surface area contributed by atoms with E-state index in [9.17, 15) is 9.59 Å². The number of nitrogens with zero attached hydrogens (tertiary/aromatic N) is 4. The normalized spacial score (nSPS) is 15.6. The first-order valence-corrected chi connectivity index (χ1v) is 6.47. The molecule has 9 heteroatoms. The topological polar surface area (TPSA) is 123 Å². The molecule has 110 valence electrons. The third-order valence-corrected chi connectivity index (χ3v) is 3.16. The number of hydrogen-bond acceptors (Lipinski definition) is 6. The lowest BCUT2D eigenvalue weighted by Gasteiger charge is -2.12. The second kappa shape index (κ2) is 5.35. The van der Waals surface area contributed by atoms with Gasteiger partial charge in [-0.1, -0.05) is 0 Å². The average Bonchev–Trinajstić information content (AvgIpc) is 2.94. The molecule has 2 aromatic rings. The molecule has 1 saturated carbocycles. The molecule has 1 fully saturated rings. The van der Waals surface area contributed by atoms with Gasteiger partial charge in [0.2, 0.25) is 11.7 Å². The lowest BCUT2D eigenvalue weighted by Crippen LogP contribution is -2.43. The number of aromatic nitrogens is 4. The predicted octanol–water partition coefficient (Wildman–Crippen LogP) is -0.0875. The summed E-state index contributed by atoms with van der Waals surface area (Å²) in [5, 5.41) is 23.0. The number of carbonyl (C=O) groups is 2. The van der Waals surface area contributed by atoms with E-state index in [0.717, 1.165) is 17.6 Å². The van der Waals surface area contributed by atoms with Crippen molar-refractivity contribution in [3.8, 4) is 11.6 Å². The fourth-order valence-electron chi connectivity index (χ4n) is 1.97. The van der Waals surface area contributed by atoms with Gasteiger partial charge in [0.1, 0.15) is 12.6 Å². The summed E-state index contributed by atoms with van der Waals surface area (Å²) in [6.07, 6.45) is 3.12. The third-order valence-electron chi connectivity index (χ3n) is 3.16. The smallest absolute Gasteiger partial charge is 0.326 e. The van der Waals surface area contributed by atoms with Crippen LogP contribution >= 0.6 is 0 Å². The Morgan fingerprint density at radius 1 is 1.52 bits per heavy atom. The van der Waals surface area contributed by atoms with E-state index in [-0.39, 0.29) is 18.3 Å². The standard InChI is InChI=1S/C12H13N5O4/c18-9(13-10(12(19)20)7-3-4-7)6-17-15-11(14-16-17)8-2-1-5-21-8/h1-2,5,7,10H,3-4,6H2,(H,13,18)(H,19,20). The number of rotatable bonds is 6. The molecule has 0 bridgehead atoms. The van der Waals surface area contributed by atoms with Gasteiger partial charge in [0, 0.05) is 0 Å². The van der Waals surface area contributed by atoms with Crippen molar-refractivity contribution in [3.63, 3.8) is 0 Å². The van der Waals surface area contributed by atoms with Gasteiger partial charge in [-0.2, -0.15) is 4.80 Å². The number of carboxylic acid groups (broad SMARTS) is 1. The summed E-state index contributed by atoms with van der Waals surface area (Å²) in [6, 6.07) is 2.52. The molecule has 2 N–H and O–H groups in total. The molecule has 9 nitrogen and oxygen atoms in total. The van der Waals surface area contributed by atoms with Gasteiger partial charge in [-0.15, -0.1) is 10.2 Å². The Hall–Kier alpha value is -2.71. The first-order valence-electron chi connectivity index (χ1n) is 6.47. The Balaban J connectivity index is 1.61. The number of carbonyl (C=O) groups excluding carboxylic acids is 1. The summed E-state index contributed by atoms with van der Waals surface area (Å²) in [7, 11) is 0. The van der Waals surface area contributed by atoms with Crippen molar-refractivity contribution in [2.24, 2.45) is 5.92 Å². The maximum absolute atomic E-state index is 11.8. The van der Waals surface area contributed by atoms with E-state index in [1.54, 1.807) is 12.1 Å². The van der Waals surface area contributed by atoms with Crippen molar-refractivity contribution in [1.29, 1.82) is 0 Å². The number of nitrogens with one attached hydrogen (secondary N) is 1. The molecule has 1 unspecified atom stereocenters. The molecule has 21 heavy (non-hydrogen) atoms. The summed E-state index contributed by atoms with van der Waals surface area (Å²) in [5.41, 5.74) is 0. The molecule has 0 spiro atoms. The molecule has 0 saturated heterocycles. The molecule has 2 aromatic heterocycles. The molecular weight excluding hydrogens is 278 g/mol. The fourth-order valence-corrected chi connectivity index (χ4v) is 1.97. The van der Waals surface area contributed by atoms with Gasteiger partial charge in [0.15, 0.2) is 5.76 Å². The van der Waals surface area contributed by atoms with Gasteiger partial charge in [0.25, 0.3) is 0 Å². The molecular formula is C12H13N5O4. The van der Waals surface area contributed by atoms with Crippen LogP contribution in [0.4, 0.5) is 0 Å². The van der Waals surface area contributed by atoms with Crippen LogP contribution in [0.15, 0.2) is 22.8 Å². The Bertz CT molecular complexity index is 646. The second-order valence-corrected chi connectivity index (χ2v) is 4.84. The second-order valence-electron chi connectivity index (χ2n) is 4.84. The maximum Gasteiger partial charge on any atom is 0.326 e.